The lowest BCUT2D eigenvalue weighted by Crippen LogP contribution is -2.39. The smallest absolute Gasteiger partial charge is 0.0477 e. The molecule has 0 aromatic carbocycles. The van der Waals surface area contributed by atoms with Gasteiger partial charge in [0, 0.05) is 31.8 Å². The van der Waals surface area contributed by atoms with Gasteiger partial charge in [0.1, 0.15) is 0 Å². The summed E-state index contributed by atoms with van der Waals surface area (Å²) in [6.45, 7) is 12.3. The maximum Gasteiger partial charge on any atom is 0.0477 e. The van der Waals surface area contributed by atoms with Gasteiger partial charge in [0.2, 0.25) is 0 Å². The van der Waals surface area contributed by atoms with Gasteiger partial charge in [-0.3, -0.25) is 0 Å². The van der Waals surface area contributed by atoms with Crippen molar-refractivity contribution in [3.8, 4) is 0 Å². The Bertz CT molecular complexity index is 118. The largest absolute Gasteiger partial charge is 0.382 e. The van der Waals surface area contributed by atoms with E-state index in [1.807, 2.05) is 6.92 Å². The quantitative estimate of drug-likeness (QED) is 0.554. The first-order valence-electron chi connectivity index (χ1n) is 5.71. The summed E-state index contributed by atoms with van der Waals surface area (Å²) < 4.78 is 5.26. The normalized spacial score (nSPS) is 13.5. The van der Waals surface area contributed by atoms with E-state index in [0.717, 1.165) is 32.7 Å². The Hall–Kier alpha value is -0.120. The predicted molar refractivity (Wildman–Crippen MR) is 61.7 cm³/mol. The summed E-state index contributed by atoms with van der Waals surface area (Å²) in [6.07, 6.45) is 1.10. The minimum Gasteiger partial charge on any atom is -0.382 e. The Morgan fingerprint density at radius 2 is 1.86 bits per heavy atom. The minimum absolute atomic E-state index is 0.541. The van der Waals surface area contributed by atoms with Crippen LogP contribution in [0.3, 0.4) is 0 Å². The van der Waals surface area contributed by atoms with Crippen molar-refractivity contribution in [3.63, 3.8) is 0 Å². The second-order valence-electron chi connectivity index (χ2n) is 3.97. The molecule has 0 bridgehead atoms. The van der Waals surface area contributed by atoms with Gasteiger partial charge in [-0.15, -0.1) is 0 Å². The molecule has 0 saturated heterocycles. The summed E-state index contributed by atoms with van der Waals surface area (Å²) in [6, 6.07) is 1.11. The van der Waals surface area contributed by atoms with E-state index in [9.17, 15) is 0 Å². The van der Waals surface area contributed by atoms with Crippen molar-refractivity contribution in [3.05, 3.63) is 0 Å². The van der Waals surface area contributed by atoms with E-state index < -0.39 is 0 Å². The van der Waals surface area contributed by atoms with Crippen LogP contribution < -0.4 is 10.6 Å². The summed E-state index contributed by atoms with van der Waals surface area (Å²) in [5, 5.41) is 6.86. The van der Waals surface area contributed by atoms with Gasteiger partial charge in [-0.2, -0.15) is 0 Å². The minimum atomic E-state index is 0.541. The fraction of sp³-hybridized carbons (Fsp3) is 1.00. The molecular weight excluding hydrogens is 176 g/mol. The molecule has 86 valence electrons. The molecular formula is C11H26N2O. The zero-order valence-electron chi connectivity index (χ0n) is 10.1. The highest BCUT2D eigenvalue weighted by Crippen LogP contribution is 1.85. The molecule has 1 unspecified atom stereocenters. The molecule has 0 aliphatic carbocycles. The molecule has 3 heteroatoms. The van der Waals surface area contributed by atoms with E-state index >= 15 is 0 Å². The summed E-state index contributed by atoms with van der Waals surface area (Å²) in [4.78, 5) is 0. The molecule has 0 spiro atoms. The van der Waals surface area contributed by atoms with Crippen molar-refractivity contribution < 1.29 is 4.74 Å². The van der Waals surface area contributed by atoms with Gasteiger partial charge in [-0.05, 0) is 26.8 Å². The zero-order valence-corrected chi connectivity index (χ0v) is 10.1. The highest BCUT2D eigenvalue weighted by molar-refractivity contribution is 4.65. The van der Waals surface area contributed by atoms with Gasteiger partial charge < -0.3 is 15.4 Å². The van der Waals surface area contributed by atoms with E-state index in [1.165, 1.54) is 0 Å². The lowest BCUT2D eigenvalue weighted by Gasteiger charge is -2.16. The number of hydrogen-bond acceptors (Lipinski definition) is 3. The van der Waals surface area contributed by atoms with Crippen LogP contribution in [0.2, 0.25) is 0 Å². The molecule has 1 atom stereocenters. The van der Waals surface area contributed by atoms with E-state index in [0.29, 0.717) is 12.1 Å². The van der Waals surface area contributed by atoms with Crippen molar-refractivity contribution in [2.75, 3.05) is 26.3 Å². The Labute approximate surface area is 88.6 Å². The van der Waals surface area contributed by atoms with E-state index in [1.54, 1.807) is 0 Å². The average Bonchev–Trinajstić information content (AvgIpc) is 2.14. The maximum absolute atomic E-state index is 5.26. The van der Waals surface area contributed by atoms with Crippen molar-refractivity contribution >= 4 is 0 Å². The Kier molecular flexibility index (Phi) is 9.35. The van der Waals surface area contributed by atoms with Crippen LogP contribution in [-0.2, 0) is 4.74 Å². The Morgan fingerprint density at radius 3 is 2.43 bits per heavy atom. The fourth-order valence-corrected chi connectivity index (χ4v) is 1.15. The lowest BCUT2D eigenvalue weighted by atomic mass is 10.3. The third-order valence-electron chi connectivity index (χ3n) is 1.99. The fourth-order valence-electron chi connectivity index (χ4n) is 1.15. The number of hydrogen-bond donors (Lipinski definition) is 2. The topological polar surface area (TPSA) is 33.3 Å². The molecule has 0 saturated carbocycles. The summed E-state index contributed by atoms with van der Waals surface area (Å²) in [5.74, 6) is 0. The predicted octanol–water partition coefficient (Wildman–Crippen LogP) is 1.39. The van der Waals surface area contributed by atoms with Gasteiger partial charge in [0.05, 0.1) is 0 Å². The number of ether oxygens (including phenoxy) is 1. The van der Waals surface area contributed by atoms with Gasteiger partial charge in [0.15, 0.2) is 0 Å². The molecule has 0 heterocycles. The summed E-state index contributed by atoms with van der Waals surface area (Å²) >= 11 is 0. The first-order chi connectivity index (χ1) is 6.66. The first kappa shape index (κ1) is 13.9. The SMILES string of the molecule is CCOCCCNC(C)CNC(C)C. The maximum atomic E-state index is 5.26. The molecule has 0 aliphatic rings. The van der Waals surface area contributed by atoms with Crippen molar-refractivity contribution in [1.29, 1.82) is 0 Å². The van der Waals surface area contributed by atoms with Crippen molar-refractivity contribution in [2.45, 2.75) is 46.2 Å². The summed E-state index contributed by atoms with van der Waals surface area (Å²) in [7, 11) is 0. The molecule has 14 heavy (non-hydrogen) atoms. The van der Waals surface area contributed by atoms with Crippen LogP contribution in [0.15, 0.2) is 0 Å². The zero-order chi connectivity index (χ0) is 10.8. The van der Waals surface area contributed by atoms with Crippen LogP contribution in [-0.4, -0.2) is 38.4 Å². The number of rotatable bonds is 9. The van der Waals surface area contributed by atoms with Crippen LogP contribution in [0.5, 0.6) is 0 Å². The van der Waals surface area contributed by atoms with Crippen molar-refractivity contribution in [1.82, 2.24) is 10.6 Å². The molecule has 0 fully saturated rings. The third-order valence-corrected chi connectivity index (χ3v) is 1.99. The Morgan fingerprint density at radius 1 is 1.14 bits per heavy atom. The second-order valence-corrected chi connectivity index (χ2v) is 3.97. The van der Waals surface area contributed by atoms with E-state index in [-0.39, 0.29) is 0 Å². The van der Waals surface area contributed by atoms with Crippen LogP contribution in [0, 0.1) is 0 Å². The molecule has 3 nitrogen and oxygen atoms in total. The van der Waals surface area contributed by atoms with Crippen LogP contribution in [0.25, 0.3) is 0 Å². The molecule has 0 aromatic heterocycles. The van der Waals surface area contributed by atoms with E-state index in [2.05, 4.69) is 31.4 Å². The third kappa shape index (κ3) is 9.96. The monoisotopic (exact) mass is 202 g/mol. The van der Waals surface area contributed by atoms with Gasteiger partial charge >= 0.3 is 0 Å². The molecule has 0 amide bonds. The van der Waals surface area contributed by atoms with E-state index in [4.69, 9.17) is 4.74 Å². The first-order valence-corrected chi connectivity index (χ1v) is 5.71. The Balaban J connectivity index is 3.14. The standard InChI is InChI=1S/C11H26N2O/c1-5-14-8-6-7-12-11(4)9-13-10(2)3/h10-13H,5-9H2,1-4H3. The molecule has 0 aromatic rings. The average molecular weight is 202 g/mol. The second kappa shape index (κ2) is 9.44. The van der Waals surface area contributed by atoms with Gasteiger partial charge in [-0.1, -0.05) is 13.8 Å². The highest BCUT2D eigenvalue weighted by atomic mass is 16.5. The lowest BCUT2D eigenvalue weighted by molar-refractivity contribution is 0.144. The summed E-state index contributed by atoms with van der Waals surface area (Å²) in [5.41, 5.74) is 0. The number of nitrogens with one attached hydrogen (secondary N) is 2. The molecule has 0 radical (unpaired) electrons. The molecule has 0 aliphatic heterocycles. The highest BCUT2D eigenvalue weighted by Gasteiger charge is 2.00. The molecule has 0 rings (SSSR count). The van der Waals surface area contributed by atoms with Crippen LogP contribution in [0.1, 0.15) is 34.1 Å². The van der Waals surface area contributed by atoms with Crippen molar-refractivity contribution in [2.24, 2.45) is 0 Å². The van der Waals surface area contributed by atoms with Gasteiger partial charge in [0.25, 0.3) is 0 Å². The van der Waals surface area contributed by atoms with Gasteiger partial charge in [-0.25, -0.2) is 0 Å². The van der Waals surface area contributed by atoms with Crippen LogP contribution in [0.4, 0.5) is 0 Å². The molecule has 2 N–H and O–H groups in total. The van der Waals surface area contributed by atoms with Crippen LogP contribution >= 0.6 is 0 Å².